The third-order valence-corrected chi connectivity index (χ3v) is 5.55. The highest BCUT2D eigenvalue weighted by Crippen LogP contribution is 2.19. The Morgan fingerprint density at radius 3 is 3.00 bits per heavy atom. The number of nitrogens with zero attached hydrogens (tertiary/aromatic N) is 1. The van der Waals surface area contributed by atoms with Crippen molar-refractivity contribution in [2.24, 2.45) is 0 Å². The summed E-state index contributed by atoms with van der Waals surface area (Å²) in [5, 5.41) is 3.06. The number of rotatable bonds is 4. The van der Waals surface area contributed by atoms with Crippen molar-refractivity contribution in [3.63, 3.8) is 0 Å². The number of hydrogen-bond acceptors (Lipinski definition) is 5. The number of hydrogen-bond donors (Lipinski definition) is 1. The van der Waals surface area contributed by atoms with E-state index in [2.05, 4.69) is 5.32 Å². The minimum absolute atomic E-state index is 0.262. The molecule has 0 spiro atoms. The van der Waals surface area contributed by atoms with Crippen LogP contribution in [0.15, 0.2) is 11.6 Å². The summed E-state index contributed by atoms with van der Waals surface area (Å²) in [6.45, 7) is 1.76. The van der Waals surface area contributed by atoms with Gasteiger partial charge in [-0.1, -0.05) is 11.6 Å². The SMILES string of the molecule is COC(=O)C1CC(CCN2CCCS2(=O)=O)=CCN1. The van der Waals surface area contributed by atoms with Crippen LogP contribution in [0.25, 0.3) is 0 Å². The predicted octanol–water partition coefficient (Wildman–Crippen LogP) is -0.127. The zero-order chi connectivity index (χ0) is 13.9. The van der Waals surface area contributed by atoms with E-state index < -0.39 is 10.0 Å². The first-order valence-electron chi connectivity index (χ1n) is 6.50. The van der Waals surface area contributed by atoms with Crippen LogP contribution in [0.1, 0.15) is 19.3 Å². The van der Waals surface area contributed by atoms with E-state index in [9.17, 15) is 13.2 Å². The van der Waals surface area contributed by atoms with Crippen LogP contribution in [-0.4, -0.2) is 57.2 Å². The van der Waals surface area contributed by atoms with Crippen LogP contribution in [0.3, 0.4) is 0 Å². The lowest BCUT2D eigenvalue weighted by Crippen LogP contribution is -2.41. The first kappa shape index (κ1) is 14.5. The van der Waals surface area contributed by atoms with Crippen LogP contribution in [0.4, 0.5) is 0 Å². The highest BCUT2D eigenvalue weighted by atomic mass is 32.2. The van der Waals surface area contributed by atoms with Crippen molar-refractivity contribution in [1.82, 2.24) is 9.62 Å². The van der Waals surface area contributed by atoms with E-state index in [4.69, 9.17) is 4.74 Å². The minimum Gasteiger partial charge on any atom is -0.468 e. The number of carbonyl (C=O) groups excluding carboxylic acids is 1. The van der Waals surface area contributed by atoms with E-state index in [1.54, 1.807) is 4.31 Å². The number of carbonyl (C=O) groups is 1. The third kappa shape index (κ3) is 3.55. The molecule has 108 valence electrons. The topological polar surface area (TPSA) is 75.7 Å². The molecule has 0 aromatic heterocycles. The smallest absolute Gasteiger partial charge is 0.323 e. The molecule has 2 rings (SSSR count). The average Bonchev–Trinajstić information content (AvgIpc) is 2.74. The molecule has 1 saturated heterocycles. The lowest BCUT2D eigenvalue weighted by atomic mass is 9.99. The van der Waals surface area contributed by atoms with Gasteiger partial charge in [0.05, 0.1) is 12.9 Å². The Morgan fingerprint density at radius 1 is 1.58 bits per heavy atom. The molecule has 0 amide bonds. The zero-order valence-corrected chi connectivity index (χ0v) is 11.9. The van der Waals surface area contributed by atoms with Gasteiger partial charge in [-0.3, -0.25) is 4.79 Å². The van der Waals surface area contributed by atoms with Gasteiger partial charge in [0.1, 0.15) is 6.04 Å². The zero-order valence-electron chi connectivity index (χ0n) is 11.1. The molecule has 1 fully saturated rings. The van der Waals surface area contributed by atoms with Gasteiger partial charge in [0.2, 0.25) is 10.0 Å². The van der Waals surface area contributed by atoms with Gasteiger partial charge in [-0.25, -0.2) is 12.7 Å². The average molecular weight is 288 g/mol. The molecule has 6 nitrogen and oxygen atoms in total. The van der Waals surface area contributed by atoms with Gasteiger partial charge in [0.25, 0.3) is 0 Å². The molecule has 2 aliphatic rings. The van der Waals surface area contributed by atoms with E-state index in [-0.39, 0.29) is 17.8 Å². The van der Waals surface area contributed by atoms with Crippen LogP contribution < -0.4 is 5.32 Å². The van der Waals surface area contributed by atoms with Crippen LogP contribution in [0.5, 0.6) is 0 Å². The van der Waals surface area contributed by atoms with E-state index in [1.807, 2.05) is 6.08 Å². The molecule has 0 bridgehead atoms. The number of nitrogens with one attached hydrogen (secondary N) is 1. The molecule has 1 unspecified atom stereocenters. The molecule has 7 heteroatoms. The van der Waals surface area contributed by atoms with Crippen molar-refractivity contribution in [3.8, 4) is 0 Å². The summed E-state index contributed by atoms with van der Waals surface area (Å²) in [6.07, 6.45) is 4.03. The van der Waals surface area contributed by atoms with Gasteiger partial charge in [0, 0.05) is 19.6 Å². The molecule has 0 aliphatic carbocycles. The van der Waals surface area contributed by atoms with Gasteiger partial charge in [-0.2, -0.15) is 0 Å². The molecular formula is C12H20N2O4S. The first-order chi connectivity index (χ1) is 9.03. The Hall–Kier alpha value is -0.920. The highest BCUT2D eigenvalue weighted by Gasteiger charge is 2.29. The van der Waals surface area contributed by atoms with Crippen molar-refractivity contribution in [2.45, 2.75) is 25.3 Å². The molecule has 0 saturated carbocycles. The van der Waals surface area contributed by atoms with Crippen molar-refractivity contribution < 1.29 is 17.9 Å². The van der Waals surface area contributed by atoms with Gasteiger partial charge in [-0.15, -0.1) is 0 Å². The maximum absolute atomic E-state index is 11.7. The summed E-state index contributed by atoms with van der Waals surface area (Å²) in [6, 6.07) is -0.305. The second-order valence-corrected chi connectivity index (χ2v) is 6.96. The Balaban J connectivity index is 1.86. The summed E-state index contributed by atoms with van der Waals surface area (Å²) < 4.78 is 29.6. The Kier molecular flexibility index (Phi) is 4.59. The van der Waals surface area contributed by atoms with E-state index in [0.717, 1.165) is 5.57 Å². The second-order valence-electron chi connectivity index (χ2n) is 4.87. The molecule has 2 heterocycles. The Morgan fingerprint density at radius 2 is 2.37 bits per heavy atom. The second kappa shape index (κ2) is 6.02. The van der Waals surface area contributed by atoms with E-state index in [0.29, 0.717) is 38.9 Å². The normalized spacial score (nSPS) is 27.0. The van der Waals surface area contributed by atoms with Gasteiger partial charge >= 0.3 is 5.97 Å². The van der Waals surface area contributed by atoms with Gasteiger partial charge in [0.15, 0.2) is 0 Å². The molecule has 0 aromatic carbocycles. The fourth-order valence-electron chi connectivity index (χ4n) is 2.49. The maximum Gasteiger partial charge on any atom is 0.323 e. The monoisotopic (exact) mass is 288 g/mol. The van der Waals surface area contributed by atoms with Gasteiger partial charge in [-0.05, 0) is 19.3 Å². The highest BCUT2D eigenvalue weighted by molar-refractivity contribution is 7.89. The van der Waals surface area contributed by atoms with Crippen molar-refractivity contribution >= 4 is 16.0 Å². The Bertz CT molecular complexity index is 472. The van der Waals surface area contributed by atoms with Crippen LogP contribution in [0, 0.1) is 0 Å². The quantitative estimate of drug-likeness (QED) is 0.576. The summed E-state index contributed by atoms with van der Waals surface area (Å²) in [7, 11) is -1.65. The van der Waals surface area contributed by atoms with Crippen LogP contribution in [-0.2, 0) is 19.6 Å². The summed E-state index contributed by atoms with van der Waals surface area (Å²) in [5.41, 5.74) is 1.12. The summed E-state index contributed by atoms with van der Waals surface area (Å²) in [5.74, 6) is -0.00216. The lowest BCUT2D eigenvalue weighted by molar-refractivity contribution is -0.143. The van der Waals surface area contributed by atoms with Crippen LogP contribution >= 0.6 is 0 Å². The van der Waals surface area contributed by atoms with E-state index in [1.165, 1.54) is 7.11 Å². The summed E-state index contributed by atoms with van der Waals surface area (Å²) in [4.78, 5) is 11.5. The first-order valence-corrected chi connectivity index (χ1v) is 8.11. The van der Waals surface area contributed by atoms with Crippen molar-refractivity contribution in [2.75, 3.05) is 32.5 Å². The molecule has 0 aromatic rings. The van der Waals surface area contributed by atoms with E-state index >= 15 is 0 Å². The standard InChI is InChI=1S/C12H20N2O4S/c1-18-12(15)11-9-10(3-5-13-11)4-7-14-6-2-8-19(14,16)17/h3,11,13H,2,4-9H2,1H3. The molecule has 1 N–H and O–H groups in total. The number of esters is 1. The predicted molar refractivity (Wildman–Crippen MR) is 71.1 cm³/mol. The fourth-order valence-corrected chi connectivity index (χ4v) is 4.02. The molecule has 0 radical (unpaired) electrons. The van der Waals surface area contributed by atoms with Crippen LogP contribution in [0.2, 0.25) is 0 Å². The number of methoxy groups -OCH3 is 1. The maximum atomic E-state index is 11.7. The molecular weight excluding hydrogens is 268 g/mol. The number of ether oxygens (including phenoxy) is 1. The van der Waals surface area contributed by atoms with Crippen molar-refractivity contribution in [1.29, 1.82) is 0 Å². The third-order valence-electron chi connectivity index (χ3n) is 3.59. The van der Waals surface area contributed by atoms with Gasteiger partial charge < -0.3 is 10.1 Å². The summed E-state index contributed by atoms with van der Waals surface area (Å²) >= 11 is 0. The Labute approximate surface area is 113 Å². The molecule has 2 aliphatic heterocycles. The molecule has 19 heavy (non-hydrogen) atoms. The molecule has 1 atom stereocenters. The lowest BCUT2D eigenvalue weighted by Gasteiger charge is -2.23. The minimum atomic E-state index is -3.02. The number of sulfonamides is 1. The fraction of sp³-hybridized carbons (Fsp3) is 0.750. The largest absolute Gasteiger partial charge is 0.468 e. The van der Waals surface area contributed by atoms with Crippen molar-refractivity contribution in [3.05, 3.63) is 11.6 Å².